The number of nitrogens with zero attached hydrogens (tertiary/aromatic N) is 2. The van der Waals surface area contributed by atoms with Crippen LogP contribution in [0.1, 0.15) is 40.5 Å². The first kappa shape index (κ1) is 18.4. The van der Waals surface area contributed by atoms with Crippen molar-refractivity contribution in [2.75, 3.05) is 29.9 Å². The van der Waals surface area contributed by atoms with Gasteiger partial charge in [0.25, 0.3) is 17.4 Å². The van der Waals surface area contributed by atoms with E-state index in [2.05, 4.69) is 25.5 Å². The van der Waals surface area contributed by atoms with E-state index in [1.165, 1.54) is 11.3 Å². The van der Waals surface area contributed by atoms with Crippen LogP contribution in [-0.2, 0) is 11.3 Å². The standard InChI is InChI=1S/C21H19N5O4S/c27-14-9-30-13-2-1-10(7-12(13)23-14)8-22-19(29)17-24-18(28)16-15-11-3-5-26(6-4-11)21(15)31-20(16)25-17/h1-2,7,11H,3-6,8-9H2,(H,22,29)(H,23,27)(H,24,25,28). The summed E-state index contributed by atoms with van der Waals surface area (Å²) in [7, 11) is 0. The number of hydrogen-bond acceptors (Lipinski definition) is 7. The lowest BCUT2D eigenvalue weighted by molar-refractivity contribution is -0.118. The average Bonchev–Trinajstić information content (AvgIpc) is 3.20. The molecule has 0 spiro atoms. The van der Waals surface area contributed by atoms with Crippen molar-refractivity contribution in [2.24, 2.45) is 0 Å². The molecule has 4 aliphatic rings. The van der Waals surface area contributed by atoms with Gasteiger partial charge in [-0.05, 0) is 36.5 Å². The Labute approximate surface area is 180 Å². The second kappa shape index (κ2) is 6.81. The number of piperidine rings is 1. The van der Waals surface area contributed by atoms with Crippen molar-refractivity contribution in [3.8, 4) is 5.75 Å². The smallest absolute Gasteiger partial charge is 0.287 e. The highest BCUT2D eigenvalue weighted by atomic mass is 32.1. The zero-order valence-electron chi connectivity index (χ0n) is 16.5. The summed E-state index contributed by atoms with van der Waals surface area (Å²) in [6, 6.07) is 5.32. The van der Waals surface area contributed by atoms with E-state index in [4.69, 9.17) is 4.74 Å². The maximum atomic E-state index is 12.8. The molecule has 31 heavy (non-hydrogen) atoms. The summed E-state index contributed by atoms with van der Waals surface area (Å²) in [6.45, 7) is 2.25. The molecule has 158 valence electrons. The molecule has 0 unspecified atom stereocenters. The predicted molar refractivity (Wildman–Crippen MR) is 116 cm³/mol. The number of anilines is 2. The maximum absolute atomic E-state index is 12.8. The fraction of sp³-hybridized carbons (Fsp3) is 0.333. The largest absolute Gasteiger partial charge is 0.482 e. The normalized spacial score (nSPS) is 17.2. The van der Waals surface area contributed by atoms with Crippen molar-refractivity contribution in [3.05, 3.63) is 45.5 Å². The van der Waals surface area contributed by atoms with Crippen LogP contribution in [0.4, 0.5) is 10.7 Å². The number of hydrogen-bond donors (Lipinski definition) is 3. The van der Waals surface area contributed by atoms with Crippen LogP contribution in [0.3, 0.4) is 0 Å². The van der Waals surface area contributed by atoms with Crippen LogP contribution in [0.5, 0.6) is 5.75 Å². The molecular formula is C21H19N5O4S. The van der Waals surface area contributed by atoms with E-state index in [0.717, 1.165) is 42.1 Å². The Bertz CT molecular complexity index is 1310. The highest BCUT2D eigenvalue weighted by Gasteiger charge is 2.35. The van der Waals surface area contributed by atoms with Crippen LogP contribution in [0.2, 0.25) is 0 Å². The first-order valence-electron chi connectivity index (χ1n) is 10.2. The van der Waals surface area contributed by atoms with Crippen LogP contribution >= 0.6 is 11.3 Å². The van der Waals surface area contributed by atoms with E-state index < -0.39 is 5.91 Å². The summed E-state index contributed by atoms with van der Waals surface area (Å²) in [6.07, 6.45) is 2.12. The maximum Gasteiger partial charge on any atom is 0.287 e. The molecule has 10 heteroatoms. The third-order valence-corrected chi connectivity index (χ3v) is 7.27. The Morgan fingerprint density at radius 1 is 1.29 bits per heavy atom. The van der Waals surface area contributed by atoms with Crippen LogP contribution in [0, 0.1) is 0 Å². The zero-order valence-corrected chi connectivity index (χ0v) is 17.3. The molecule has 7 rings (SSSR count). The zero-order chi connectivity index (χ0) is 21.1. The van der Waals surface area contributed by atoms with Gasteiger partial charge in [-0.15, -0.1) is 0 Å². The Morgan fingerprint density at radius 2 is 2.13 bits per heavy atom. The fourth-order valence-electron chi connectivity index (χ4n) is 4.62. The monoisotopic (exact) mass is 437 g/mol. The van der Waals surface area contributed by atoms with Crippen LogP contribution < -0.4 is 25.8 Å². The minimum absolute atomic E-state index is 0.00471. The number of fused-ring (bicyclic) bond motifs is 4. The molecule has 4 aliphatic heterocycles. The SMILES string of the molecule is O=C1COc2ccc(CNC(=O)c3nc4sc5c(c4c(=O)[nH]3)C3CCN5CC3)cc2N1. The third kappa shape index (κ3) is 2.97. The quantitative estimate of drug-likeness (QED) is 0.577. The van der Waals surface area contributed by atoms with E-state index in [0.29, 0.717) is 27.6 Å². The van der Waals surface area contributed by atoms with Crippen molar-refractivity contribution in [2.45, 2.75) is 25.3 Å². The molecule has 0 saturated carbocycles. The first-order valence-corrected chi connectivity index (χ1v) is 11.0. The number of rotatable bonds is 3. The van der Waals surface area contributed by atoms with Gasteiger partial charge in [-0.1, -0.05) is 17.4 Å². The fourth-order valence-corrected chi connectivity index (χ4v) is 5.93. The summed E-state index contributed by atoms with van der Waals surface area (Å²) >= 11 is 1.50. The number of amides is 2. The van der Waals surface area contributed by atoms with Crippen LogP contribution in [-0.4, -0.2) is 41.5 Å². The molecule has 6 heterocycles. The van der Waals surface area contributed by atoms with E-state index in [1.54, 1.807) is 12.1 Å². The van der Waals surface area contributed by atoms with E-state index >= 15 is 0 Å². The number of nitrogens with one attached hydrogen (secondary N) is 3. The summed E-state index contributed by atoms with van der Waals surface area (Å²) in [5.41, 5.74) is 2.22. The lowest BCUT2D eigenvalue weighted by Gasteiger charge is -2.39. The number of benzene rings is 1. The topological polar surface area (TPSA) is 116 Å². The van der Waals surface area contributed by atoms with Crippen LogP contribution in [0.15, 0.2) is 23.0 Å². The lowest BCUT2D eigenvalue weighted by atomic mass is 9.85. The Kier molecular flexibility index (Phi) is 4.04. The summed E-state index contributed by atoms with van der Waals surface area (Å²) in [5, 5.41) is 7.30. The average molecular weight is 437 g/mol. The van der Waals surface area contributed by atoms with E-state index in [9.17, 15) is 14.4 Å². The van der Waals surface area contributed by atoms with Gasteiger partial charge in [0.15, 0.2) is 6.61 Å². The second-order valence-electron chi connectivity index (χ2n) is 8.03. The number of thiophene rings is 1. The number of aromatic amines is 1. The molecule has 9 nitrogen and oxygen atoms in total. The highest BCUT2D eigenvalue weighted by Crippen LogP contribution is 2.49. The van der Waals surface area contributed by atoms with Crippen molar-refractivity contribution in [1.82, 2.24) is 15.3 Å². The number of carbonyl (C=O) groups is 2. The summed E-state index contributed by atoms with van der Waals surface area (Å²) in [5.74, 6) is 0.342. The molecular weight excluding hydrogens is 418 g/mol. The Morgan fingerprint density at radius 3 is 2.97 bits per heavy atom. The second-order valence-corrected chi connectivity index (χ2v) is 9.00. The molecule has 2 aromatic heterocycles. The number of aromatic nitrogens is 2. The van der Waals surface area contributed by atoms with Gasteiger partial charge in [0, 0.05) is 25.2 Å². The molecule has 1 saturated heterocycles. The molecule has 3 N–H and O–H groups in total. The van der Waals surface area contributed by atoms with Crippen molar-refractivity contribution in [3.63, 3.8) is 0 Å². The molecule has 1 fully saturated rings. The molecule has 3 aromatic rings. The van der Waals surface area contributed by atoms with Gasteiger partial charge < -0.3 is 25.3 Å². The molecule has 0 radical (unpaired) electrons. The number of H-pyrrole nitrogens is 1. The van der Waals surface area contributed by atoms with Gasteiger partial charge in [-0.2, -0.15) is 0 Å². The molecule has 0 atom stereocenters. The molecule has 2 amide bonds. The Hall–Kier alpha value is -3.40. The molecule has 0 aliphatic carbocycles. The predicted octanol–water partition coefficient (Wildman–Crippen LogP) is 1.94. The minimum atomic E-state index is -0.452. The van der Waals surface area contributed by atoms with Gasteiger partial charge in [0.1, 0.15) is 10.6 Å². The minimum Gasteiger partial charge on any atom is -0.482 e. The van der Waals surface area contributed by atoms with Gasteiger partial charge in [0.2, 0.25) is 5.82 Å². The summed E-state index contributed by atoms with van der Waals surface area (Å²) < 4.78 is 5.34. The van der Waals surface area contributed by atoms with Crippen molar-refractivity contribution >= 4 is 44.1 Å². The first-order chi connectivity index (χ1) is 15.1. The number of ether oxygens (including phenoxy) is 1. The van der Waals surface area contributed by atoms with E-state index in [-0.39, 0.29) is 30.4 Å². The van der Waals surface area contributed by atoms with Gasteiger partial charge >= 0.3 is 0 Å². The van der Waals surface area contributed by atoms with Gasteiger partial charge in [-0.3, -0.25) is 14.4 Å². The molecule has 2 bridgehead atoms. The Balaban J connectivity index is 1.25. The lowest BCUT2D eigenvalue weighted by Crippen LogP contribution is -2.38. The van der Waals surface area contributed by atoms with Crippen molar-refractivity contribution < 1.29 is 14.3 Å². The molecule has 1 aromatic carbocycles. The van der Waals surface area contributed by atoms with E-state index in [1.807, 2.05) is 6.07 Å². The van der Waals surface area contributed by atoms with Crippen molar-refractivity contribution in [1.29, 1.82) is 0 Å². The van der Waals surface area contributed by atoms with Gasteiger partial charge in [-0.25, -0.2) is 4.98 Å². The van der Waals surface area contributed by atoms with Crippen LogP contribution in [0.25, 0.3) is 10.2 Å². The highest BCUT2D eigenvalue weighted by molar-refractivity contribution is 7.22. The number of carbonyl (C=O) groups excluding carboxylic acids is 2. The van der Waals surface area contributed by atoms with Gasteiger partial charge in [0.05, 0.1) is 16.1 Å². The third-order valence-electron chi connectivity index (χ3n) is 6.11. The summed E-state index contributed by atoms with van der Waals surface area (Å²) in [4.78, 5) is 47.1.